The molecule has 0 amide bonds. The molecule has 0 aliphatic heterocycles. The second-order valence-corrected chi connectivity index (χ2v) is 15.3. The van der Waals surface area contributed by atoms with Crippen LogP contribution in [0.5, 0.6) is 0 Å². The van der Waals surface area contributed by atoms with Gasteiger partial charge in [0.05, 0.1) is 0 Å². The molecule has 0 atom stereocenters. The maximum absolute atomic E-state index is 14.6. The van der Waals surface area contributed by atoms with Gasteiger partial charge in [-0.3, -0.25) is 0 Å². The van der Waals surface area contributed by atoms with Gasteiger partial charge in [-0.1, -0.05) is 0 Å². The summed E-state index contributed by atoms with van der Waals surface area (Å²) >= 11 is -7.14. The molecule has 0 heterocycles. The normalized spacial score (nSPS) is 14.7. The monoisotopic (exact) mass is 532 g/mol. The van der Waals surface area contributed by atoms with Crippen LogP contribution in [0.2, 0.25) is 0 Å². The second-order valence-electron chi connectivity index (χ2n) is 5.95. The molecule has 0 aromatic heterocycles. The van der Waals surface area contributed by atoms with Gasteiger partial charge in [0, 0.05) is 0 Å². The Morgan fingerprint density at radius 2 is 0.852 bits per heavy atom. The average Bonchev–Trinajstić information content (AvgIpc) is 2.50. The Morgan fingerprint density at radius 1 is 0.556 bits per heavy atom. The first-order chi connectivity index (χ1) is 12.0. The zero-order valence-corrected chi connectivity index (χ0v) is 17.6. The molecule has 0 aromatic rings. The Hall–Kier alpha value is 0.0187. The summed E-state index contributed by atoms with van der Waals surface area (Å²) in [6.07, 6.45) is -18.4. The van der Waals surface area contributed by atoms with Crippen molar-refractivity contribution in [3.05, 3.63) is 0 Å². The van der Waals surface area contributed by atoms with Crippen molar-refractivity contribution in [3.8, 4) is 0 Å². The van der Waals surface area contributed by atoms with Crippen molar-refractivity contribution < 1.29 is 50.1 Å². The SMILES string of the molecule is CCC[O][Sn]([O]CCC)([C](F)(F)CCC(F)(F)F)[C](F)(F)CCC(F)(F)F. The molecule has 0 N–H and O–H groups in total. The minimum atomic E-state index is -7.14. The molecular weight excluding hydrogens is 509 g/mol. The van der Waals surface area contributed by atoms with E-state index in [1.165, 1.54) is 13.8 Å². The summed E-state index contributed by atoms with van der Waals surface area (Å²) in [5, 5.41) is 0. The van der Waals surface area contributed by atoms with E-state index in [0.29, 0.717) is 0 Å². The van der Waals surface area contributed by atoms with Crippen LogP contribution >= 0.6 is 0 Å². The fourth-order valence-electron chi connectivity index (χ4n) is 2.15. The molecule has 0 rings (SSSR count). The van der Waals surface area contributed by atoms with Gasteiger partial charge in [0.1, 0.15) is 0 Å². The Labute approximate surface area is 155 Å². The van der Waals surface area contributed by atoms with Gasteiger partial charge in [-0.15, -0.1) is 0 Å². The van der Waals surface area contributed by atoms with Crippen LogP contribution in [0.15, 0.2) is 0 Å². The summed E-state index contributed by atoms with van der Waals surface area (Å²) < 4.78 is 133. The van der Waals surface area contributed by atoms with Gasteiger partial charge >= 0.3 is 155 Å². The van der Waals surface area contributed by atoms with Crippen molar-refractivity contribution in [1.29, 1.82) is 0 Å². The van der Waals surface area contributed by atoms with Crippen molar-refractivity contribution in [3.63, 3.8) is 0 Å². The third-order valence-electron chi connectivity index (χ3n) is 3.43. The molecule has 0 radical (unpaired) electrons. The van der Waals surface area contributed by atoms with E-state index in [2.05, 4.69) is 0 Å². The molecule has 0 saturated carbocycles. The molecule has 0 fully saturated rings. The number of hydrogen-bond acceptors (Lipinski definition) is 2. The molecule has 164 valence electrons. The molecule has 0 aliphatic carbocycles. The van der Waals surface area contributed by atoms with E-state index >= 15 is 0 Å². The number of rotatable bonds is 12. The van der Waals surface area contributed by atoms with Crippen LogP contribution in [0.25, 0.3) is 0 Å². The number of hydrogen-bond donors (Lipinski definition) is 0. The van der Waals surface area contributed by atoms with Crippen LogP contribution < -0.4 is 0 Å². The number of halogens is 10. The van der Waals surface area contributed by atoms with Crippen LogP contribution in [-0.2, 0) is 6.15 Å². The molecule has 0 bridgehead atoms. The minimum absolute atomic E-state index is 0.0428. The fraction of sp³-hybridized carbons (Fsp3) is 1.00. The molecule has 0 saturated heterocycles. The van der Waals surface area contributed by atoms with Crippen LogP contribution in [0, 0.1) is 0 Å². The molecule has 0 aromatic carbocycles. The van der Waals surface area contributed by atoms with Crippen LogP contribution in [0.3, 0.4) is 0 Å². The molecule has 0 aliphatic rings. The molecule has 27 heavy (non-hydrogen) atoms. The average molecular weight is 531 g/mol. The summed E-state index contributed by atoms with van der Waals surface area (Å²) in [5.41, 5.74) is 0. The van der Waals surface area contributed by atoms with Gasteiger partial charge in [-0.25, -0.2) is 0 Å². The Balaban J connectivity index is 5.98. The van der Waals surface area contributed by atoms with Gasteiger partial charge in [0.15, 0.2) is 0 Å². The summed E-state index contributed by atoms with van der Waals surface area (Å²) in [6.45, 7) is 1.39. The van der Waals surface area contributed by atoms with Crippen molar-refractivity contribution in [2.45, 2.75) is 72.6 Å². The van der Waals surface area contributed by atoms with Gasteiger partial charge in [-0.05, 0) is 0 Å². The van der Waals surface area contributed by atoms with E-state index in [9.17, 15) is 43.9 Å². The van der Waals surface area contributed by atoms with Gasteiger partial charge < -0.3 is 0 Å². The van der Waals surface area contributed by atoms with E-state index in [1.807, 2.05) is 0 Å². The molecular formula is C14H22F10O2Sn. The van der Waals surface area contributed by atoms with Crippen molar-refractivity contribution in [1.82, 2.24) is 0 Å². The Kier molecular flexibility index (Phi) is 10.2. The Bertz CT molecular complexity index is 397. The molecule has 0 spiro atoms. The zero-order valence-electron chi connectivity index (χ0n) is 14.8. The summed E-state index contributed by atoms with van der Waals surface area (Å²) in [4.78, 5) is 0. The van der Waals surface area contributed by atoms with Gasteiger partial charge in [0.2, 0.25) is 0 Å². The molecule has 13 heteroatoms. The zero-order chi connectivity index (χ0) is 21.6. The van der Waals surface area contributed by atoms with Crippen LogP contribution in [0.4, 0.5) is 43.9 Å². The first-order valence-corrected chi connectivity index (χ1v) is 13.4. The van der Waals surface area contributed by atoms with Gasteiger partial charge in [0.25, 0.3) is 0 Å². The van der Waals surface area contributed by atoms with Crippen molar-refractivity contribution in [2.75, 3.05) is 13.2 Å². The fourth-order valence-corrected chi connectivity index (χ4v) is 11.7. The first kappa shape index (κ1) is 27.0. The summed E-state index contributed by atoms with van der Waals surface area (Å²) in [5.74, 6) is 0. The van der Waals surface area contributed by atoms with E-state index in [0.717, 1.165) is 0 Å². The first-order valence-electron chi connectivity index (χ1n) is 8.20. The van der Waals surface area contributed by atoms with Crippen LogP contribution in [0.1, 0.15) is 52.4 Å². The van der Waals surface area contributed by atoms with Crippen LogP contribution in [-0.4, -0.2) is 52.6 Å². The maximum atomic E-state index is 14.6. The van der Waals surface area contributed by atoms with Crippen molar-refractivity contribution >= 4 is 19.2 Å². The summed E-state index contributed by atoms with van der Waals surface area (Å²) in [6, 6.07) is 0. The molecule has 2 nitrogen and oxygen atoms in total. The predicted molar refractivity (Wildman–Crippen MR) is 78.7 cm³/mol. The second kappa shape index (κ2) is 10.2. The molecule has 0 unspecified atom stereocenters. The van der Waals surface area contributed by atoms with E-state index in [1.54, 1.807) is 0 Å². The summed E-state index contributed by atoms with van der Waals surface area (Å²) in [7, 11) is 0. The van der Waals surface area contributed by atoms with Crippen molar-refractivity contribution in [2.24, 2.45) is 0 Å². The third-order valence-corrected chi connectivity index (χ3v) is 13.8. The predicted octanol–water partition coefficient (Wildman–Crippen LogP) is 6.32. The van der Waals surface area contributed by atoms with E-state index in [-0.39, 0.29) is 12.8 Å². The quantitative estimate of drug-likeness (QED) is 0.217. The standard InChI is InChI=1S/2C4H4F5.2C3H7O.Sn/c2*5-3(6)1-2-4(7,8)9;2*1-2-3-4;/h2*1-2H2;2*2-3H2,1H3;/q;;2*-1;+2. The third kappa shape index (κ3) is 8.50. The topological polar surface area (TPSA) is 18.5 Å². The Morgan fingerprint density at radius 3 is 1.07 bits per heavy atom. The van der Waals surface area contributed by atoms with E-state index < -0.39 is 78.3 Å². The number of alkyl halides is 10. The van der Waals surface area contributed by atoms with E-state index in [4.69, 9.17) is 6.15 Å². The van der Waals surface area contributed by atoms with Gasteiger partial charge in [-0.2, -0.15) is 0 Å².